The van der Waals surface area contributed by atoms with Crippen molar-refractivity contribution in [2.45, 2.75) is 39.2 Å². The average Bonchev–Trinajstić information content (AvgIpc) is 2.45. The van der Waals surface area contributed by atoms with Gasteiger partial charge >= 0.3 is 0 Å². The van der Waals surface area contributed by atoms with E-state index in [1.807, 2.05) is 13.8 Å². The summed E-state index contributed by atoms with van der Waals surface area (Å²) in [5.41, 5.74) is -0.224. The van der Waals surface area contributed by atoms with Crippen molar-refractivity contribution in [1.29, 1.82) is 5.26 Å². The molecule has 1 rings (SSSR count). The van der Waals surface area contributed by atoms with E-state index in [4.69, 9.17) is 0 Å². The molecule has 0 bridgehead atoms. The van der Waals surface area contributed by atoms with E-state index in [0.717, 1.165) is 0 Å². The van der Waals surface area contributed by atoms with Gasteiger partial charge in [0.15, 0.2) is 0 Å². The lowest BCUT2D eigenvalue weighted by Crippen LogP contribution is -2.46. The van der Waals surface area contributed by atoms with Crippen LogP contribution in [0, 0.1) is 28.4 Å². The van der Waals surface area contributed by atoms with Gasteiger partial charge in [0.2, 0.25) is 0 Å². The van der Waals surface area contributed by atoms with Crippen molar-refractivity contribution in [2.75, 3.05) is 0 Å². The van der Waals surface area contributed by atoms with E-state index in [2.05, 4.69) is 11.4 Å². The number of carbonyl (C=O) groups excluding carboxylic acids is 1. The smallest absolute Gasteiger partial charge is 0.270 e. The van der Waals surface area contributed by atoms with Crippen molar-refractivity contribution in [3.8, 4) is 6.07 Å². The van der Waals surface area contributed by atoms with Crippen molar-refractivity contribution in [3.05, 3.63) is 39.4 Å². The third-order valence-electron chi connectivity index (χ3n) is 3.45. The summed E-state index contributed by atoms with van der Waals surface area (Å²) in [4.78, 5) is 22.5. The normalized spacial score (nSPS) is 10.7. The first-order valence-electron chi connectivity index (χ1n) is 6.38. The van der Waals surface area contributed by atoms with Crippen molar-refractivity contribution < 1.29 is 9.72 Å². The zero-order chi connectivity index (χ0) is 15.3. The predicted molar refractivity (Wildman–Crippen MR) is 74.2 cm³/mol. The first-order valence-corrected chi connectivity index (χ1v) is 6.38. The number of nitriles is 1. The van der Waals surface area contributed by atoms with Crippen molar-refractivity contribution in [3.63, 3.8) is 0 Å². The molecule has 0 aliphatic heterocycles. The SMILES string of the molecule is CCC(C#N)(CC)NC(=O)c1cc([N+](=O)[O-])ccc1C. The van der Waals surface area contributed by atoms with Crippen molar-refractivity contribution in [2.24, 2.45) is 0 Å². The van der Waals surface area contributed by atoms with Crippen LogP contribution in [0.3, 0.4) is 0 Å². The van der Waals surface area contributed by atoms with Crippen LogP contribution >= 0.6 is 0 Å². The molecule has 6 heteroatoms. The van der Waals surface area contributed by atoms with Crippen LogP contribution < -0.4 is 5.32 Å². The van der Waals surface area contributed by atoms with Gasteiger partial charge in [0, 0.05) is 17.7 Å². The highest BCUT2D eigenvalue weighted by molar-refractivity contribution is 5.97. The number of nitrogens with one attached hydrogen (secondary N) is 1. The Morgan fingerprint density at radius 1 is 1.45 bits per heavy atom. The molecule has 1 aromatic rings. The summed E-state index contributed by atoms with van der Waals surface area (Å²) in [5, 5.41) is 22.7. The second-order valence-corrected chi connectivity index (χ2v) is 4.61. The van der Waals surface area contributed by atoms with Gasteiger partial charge in [-0.1, -0.05) is 19.9 Å². The zero-order valence-corrected chi connectivity index (χ0v) is 11.8. The van der Waals surface area contributed by atoms with E-state index in [1.54, 1.807) is 6.92 Å². The number of amides is 1. The molecule has 0 unspecified atom stereocenters. The maximum atomic E-state index is 12.2. The third-order valence-corrected chi connectivity index (χ3v) is 3.45. The van der Waals surface area contributed by atoms with Crippen LogP contribution in [0.4, 0.5) is 5.69 Å². The Hall–Kier alpha value is -2.42. The maximum absolute atomic E-state index is 12.2. The molecule has 0 saturated heterocycles. The summed E-state index contributed by atoms with van der Waals surface area (Å²) in [7, 11) is 0. The molecule has 0 aromatic heterocycles. The first kappa shape index (κ1) is 15.6. The molecule has 0 aliphatic carbocycles. The second kappa shape index (κ2) is 6.15. The van der Waals surface area contributed by atoms with E-state index < -0.39 is 16.4 Å². The topological polar surface area (TPSA) is 96.0 Å². The fraction of sp³-hybridized carbons (Fsp3) is 0.429. The van der Waals surface area contributed by atoms with Crippen molar-refractivity contribution in [1.82, 2.24) is 5.32 Å². The van der Waals surface area contributed by atoms with Gasteiger partial charge in [-0.15, -0.1) is 0 Å². The van der Waals surface area contributed by atoms with E-state index in [1.165, 1.54) is 18.2 Å². The number of aryl methyl sites for hydroxylation is 1. The Bertz CT molecular complexity index is 572. The molecule has 106 valence electrons. The minimum atomic E-state index is -0.936. The lowest BCUT2D eigenvalue weighted by Gasteiger charge is -2.25. The van der Waals surface area contributed by atoms with Gasteiger partial charge in [-0.25, -0.2) is 0 Å². The Kier molecular flexibility index (Phi) is 4.81. The monoisotopic (exact) mass is 275 g/mol. The van der Waals surface area contributed by atoms with Gasteiger partial charge in [-0.3, -0.25) is 14.9 Å². The highest BCUT2D eigenvalue weighted by Crippen LogP contribution is 2.20. The molecular weight excluding hydrogens is 258 g/mol. The van der Waals surface area contributed by atoms with E-state index in [-0.39, 0.29) is 11.3 Å². The Morgan fingerprint density at radius 3 is 2.50 bits per heavy atom. The summed E-state index contributed by atoms with van der Waals surface area (Å²) >= 11 is 0. The summed E-state index contributed by atoms with van der Waals surface area (Å²) in [5.74, 6) is -0.462. The Labute approximate surface area is 117 Å². The number of hydrogen-bond acceptors (Lipinski definition) is 4. The number of non-ortho nitro benzene ring substituents is 1. The first-order chi connectivity index (χ1) is 9.39. The van der Waals surface area contributed by atoms with E-state index >= 15 is 0 Å². The number of nitro groups is 1. The summed E-state index contributed by atoms with van der Waals surface area (Å²) in [6.45, 7) is 5.32. The van der Waals surface area contributed by atoms with Crippen LogP contribution in [0.2, 0.25) is 0 Å². The number of carbonyl (C=O) groups is 1. The van der Waals surface area contributed by atoms with Crippen LogP contribution in [-0.4, -0.2) is 16.4 Å². The van der Waals surface area contributed by atoms with Gasteiger partial charge in [0.05, 0.1) is 11.0 Å². The van der Waals surface area contributed by atoms with Crippen LogP contribution in [0.1, 0.15) is 42.6 Å². The highest BCUT2D eigenvalue weighted by atomic mass is 16.6. The summed E-state index contributed by atoms with van der Waals surface area (Å²) in [6.07, 6.45) is 0.944. The van der Waals surface area contributed by atoms with E-state index in [0.29, 0.717) is 18.4 Å². The molecule has 0 fully saturated rings. The highest BCUT2D eigenvalue weighted by Gasteiger charge is 2.29. The number of hydrogen-bond donors (Lipinski definition) is 1. The van der Waals surface area contributed by atoms with Gasteiger partial charge in [-0.2, -0.15) is 5.26 Å². The molecule has 0 heterocycles. The fourth-order valence-electron chi connectivity index (χ4n) is 1.87. The number of rotatable bonds is 5. The van der Waals surface area contributed by atoms with Gasteiger partial charge < -0.3 is 5.32 Å². The molecule has 0 aliphatic rings. The standard InChI is InChI=1S/C14H17N3O3/c1-4-14(5-2,9-15)16-13(18)12-8-11(17(19)20)7-6-10(12)3/h6-8H,4-5H2,1-3H3,(H,16,18). The van der Waals surface area contributed by atoms with Gasteiger partial charge in [0.25, 0.3) is 11.6 Å². The summed E-state index contributed by atoms with van der Waals surface area (Å²) < 4.78 is 0. The van der Waals surface area contributed by atoms with Crippen LogP contribution in [0.25, 0.3) is 0 Å². The molecule has 20 heavy (non-hydrogen) atoms. The fourth-order valence-corrected chi connectivity index (χ4v) is 1.87. The molecule has 1 aromatic carbocycles. The van der Waals surface area contributed by atoms with Crippen LogP contribution in [-0.2, 0) is 0 Å². The third kappa shape index (κ3) is 3.12. The summed E-state index contributed by atoms with van der Waals surface area (Å²) in [6, 6.07) is 6.22. The molecular formula is C14H17N3O3. The maximum Gasteiger partial charge on any atom is 0.270 e. The molecule has 0 radical (unpaired) electrons. The molecule has 1 amide bonds. The lowest BCUT2D eigenvalue weighted by molar-refractivity contribution is -0.384. The molecule has 0 atom stereocenters. The quantitative estimate of drug-likeness (QED) is 0.660. The van der Waals surface area contributed by atoms with Gasteiger partial charge in [-0.05, 0) is 25.3 Å². The average molecular weight is 275 g/mol. The molecule has 0 spiro atoms. The molecule has 0 saturated carbocycles. The predicted octanol–water partition coefficient (Wildman–Crippen LogP) is 2.72. The van der Waals surface area contributed by atoms with E-state index in [9.17, 15) is 20.2 Å². The van der Waals surface area contributed by atoms with Crippen molar-refractivity contribution >= 4 is 11.6 Å². The van der Waals surface area contributed by atoms with Crippen LogP contribution in [0.15, 0.2) is 18.2 Å². The molecule has 1 N–H and O–H groups in total. The Balaban J connectivity index is 3.13. The second-order valence-electron chi connectivity index (χ2n) is 4.61. The number of nitrogens with zero attached hydrogens (tertiary/aromatic N) is 2. The van der Waals surface area contributed by atoms with Crippen LogP contribution in [0.5, 0.6) is 0 Å². The number of nitro benzene ring substituents is 1. The Morgan fingerprint density at radius 2 is 2.05 bits per heavy atom. The number of benzene rings is 1. The zero-order valence-electron chi connectivity index (χ0n) is 11.8. The minimum absolute atomic E-state index is 0.142. The largest absolute Gasteiger partial charge is 0.334 e. The lowest BCUT2D eigenvalue weighted by atomic mass is 9.94. The molecule has 6 nitrogen and oxygen atoms in total. The minimum Gasteiger partial charge on any atom is -0.334 e. The van der Waals surface area contributed by atoms with Gasteiger partial charge in [0.1, 0.15) is 5.54 Å².